The summed E-state index contributed by atoms with van der Waals surface area (Å²) in [6.07, 6.45) is 3.98. The zero-order valence-electron chi connectivity index (χ0n) is 16.5. The van der Waals surface area contributed by atoms with Crippen LogP contribution in [0.2, 0.25) is 0 Å². The Morgan fingerprint density at radius 2 is 2.10 bits per heavy atom. The van der Waals surface area contributed by atoms with Crippen LogP contribution in [0, 0.1) is 6.92 Å². The van der Waals surface area contributed by atoms with E-state index in [-0.39, 0.29) is 17.4 Å². The fourth-order valence-electron chi connectivity index (χ4n) is 3.63. The normalized spacial score (nSPS) is 14.6. The second-order valence-electron chi connectivity index (χ2n) is 7.18. The molecule has 0 atom stereocenters. The Kier molecular flexibility index (Phi) is 5.53. The number of nitrogens with zero attached hydrogens (tertiary/aromatic N) is 4. The Morgan fingerprint density at radius 3 is 2.97 bits per heavy atom. The minimum atomic E-state index is -0.344. The number of amides is 1. The number of rotatable bonds is 4. The number of anilines is 2. The summed E-state index contributed by atoms with van der Waals surface area (Å²) in [5.41, 5.74) is 9.03. The number of nitrogen functional groups attached to an aromatic ring is 1. The fraction of sp³-hybridized carbons (Fsp3) is 0.333. The maximum atomic E-state index is 12.6. The molecule has 1 saturated heterocycles. The molecular formula is C21H25N7O. The van der Waals surface area contributed by atoms with E-state index in [1.807, 2.05) is 6.07 Å². The van der Waals surface area contributed by atoms with Crippen LogP contribution >= 0.6 is 0 Å². The number of aryl methyl sites for hydroxylation is 1. The molecule has 0 bridgehead atoms. The van der Waals surface area contributed by atoms with Crippen molar-refractivity contribution in [2.75, 3.05) is 36.8 Å². The van der Waals surface area contributed by atoms with E-state index in [4.69, 9.17) is 10.7 Å². The number of carbonyl (C=O) groups excluding carboxylic acids is 1. The topological polar surface area (TPSA) is 109 Å². The van der Waals surface area contributed by atoms with Crippen LogP contribution in [-0.4, -0.2) is 47.0 Å². The van der Waals surface area contributed by atoms with Gasteiger partial charge in [0, 0.05) is 49.5 Å². The SMILES string of the molecule is Cc1cccc2cc(CNC(=O)c3nccnc3N)c(N3CCCNCC3)nc12. The van der Waals surface area contributed by atoms with Gasteiger partial charge in [-0.1, -0.05) is 18.2 Å². The first kappa shape index (κ1) is 19.1. The van der Waals surface area contributed by atoms with Crippen LogP contribution in [0.4, 0.5) is 11.6 Å². The van der Waals surface area contributed by atoms with Gasteiger partial charge in [0.05, 0.1) is 5.52 Å². The first-order valence-corrected chi connectivity index (χ1v) is 9.83. The molecule has 8 heteroatoms. The van der Waals surface area contributed by atoms with Gasteiger partial charge >= 0.3 is 0 Å². The number of carbonyl (C=O) groups is 1. The van der Waals surface area contributed by atoms with Crippen LogP contribution < -0.4 is 21.3 Å². The van der Waals surface area contributed by atoms with E-state index in [0.29, 0.717) is 6.54 Å². The predicted molar refractivity (Wildman–Crippen MR) is 114 cm³/mol. The number of benzene rings is 1. The van der Waals surface area contributed by atoms with Gasteiger partial charge in [0.15, 0.2) is 11.5 Å². The summed E-state index contributed by atoms with van der Waals surface area (Å²) in [5, 5.41) is 7.41. The third-order valence-electron chi connectivity index (χ3n) is 5.12. The minimum absolute atomic E-state index is 0.121. The maximum absolute atomic E-state index is 12.6. The van der Waals surface area contributed by atoms with Gasteiger partial charge in [-0.25, -0.2) is 15.0 Å². The van der Waals surface area contributed by atoms with Gasteiger partial charge in [0.25, 0.3) is 5.91 Å². The molecule has 1 aliphatic heterocycles. The lowest BCUT2D eigenvalue weighted by atomic mass is 10.1. The Balaban J connectivity index is 1.67. The molecule has 0 unspecified atom stereocenters. The minimum Gasteiger partial charge on any atom is -0.382 e. The van der Waals surface area contributed by atoms with Crippen molar-refractivity contribution >= 4 is 28.4 Å². The lowest BCUT2D eigenvalue weighted by Gasteiger charge is -2.25. The van der Waals surface area contributed by atoms with Gasteiger partial charge in [0.2, 0.25) is 0 Å². The molecule has 3 heterocycles. The Labute approximate surface area is 169 Å². The van der Waals surface area contributed by atoms with Crippen LogP contribution in [0.1, 0.15) is 28.0 Å². The predicted octanol–water partition coefficient (Wildman–Crippen LogP) is 1.65. The number of aromatic nitrogens is 3. The summed E-state index contributed by atoms with van der Waals surface area (Å²) < 4.78 is 0. The number of para-hydroxylation sites is 1. The molecule has 8 nitrogen and oxygen atoms in total. The molecule has 1 fully saturated rings. The van der Waals surface area contributed by atoms with Crippen molar-refractivity contribution in [3.8, 4) is 0 Å². The molecule has 4 N–H and O–H groups in total. The van der Waals surface area contributed by atoms with Crippen molar-refractivity contribution in [1.82, 2.24) is 25.6 Å². The molecular weight excluding hydrogens is 366 g/mol. The average Bonchev–Trinajstić information content (AvgIpc) is 3.01. The maximum Gasteiger partial charge on any atom is 0.273 e. The molecule has 150 valence electrons. The van der Waals surface area contributed by atoms with Crippen molar-refractivity contribution in [2.24, 2.45) is 0 Å². The summed E-state index contributed by atoms with van der Waals surface area (Å²) in [4.78, 5) is 27.8. The molecule has 1 aliphatic rings. The largest absolute Gasteiger partial charge is 0.382 e. The van der Waals surface area contributed by atoms with Crippen molar-refractivity contribution in [1.29, 1.82) is 0 Å². The molecule has 1 aromatic carbocycles. The Bertz CT molecular complexity index is 1030. The third-order valence-corrected chi connectivity index (χ3v) is 5.12. The van der Waals surface area contributed by atoms with Gasteiger partial charge in [-0.15, -0.1) is 0 Å². The summed E-state index contributed by atoms with van der Waals surface area (Å²) >= 11 is 0. The van der Waals surface area contributed by atoms with Gasteiger partial charge in [-0.3, -0.25) is 4.79 Å². The second kappa shape index (κ2) is 8.40. The van der Waals surface area contributed by atoms with Crippen LogP contribution in [-0.2, 0) is 6.54 Å². The number of nitrogens with two attached hydrogens (primary N) is 1. The van der Waals surface area contributed by atoms with Crippen molar-refractivity contribution < 1.29 is 4.79 Å². The number of pyridine rings is 1. The highest BCUT2D eigenvalue weighted by molar-refractivity contribution is 5.96. The Morgan fingerprint density at radius 1 is 1.24 bits per heavy atom. The highest BCUT2D eigenvalue weighted by Crippen LogP contribution is 2.26. The molecule has 1 amide bonds. The van der Waals surface area contributed by atoms with E-state index >= 15 is 0 Å². The summed E-state index contributed by atoms with van der Waals surface area (Å²) in [5.74, 6) is 0.697. The summed E-state index contributed by atoms with van der Waals surface area (Å²) in [6.45, 7) is 6.13. The van der Waals surface area contributed by atoms with Gasteiger partial charge < -0.3 is 21.3 Å². The molecule has 0 aliphatic carbocycles. The summed E-state index contributed by atoms with van der Waals surface area (Å²) in [6, 6.07) is 8.26. The van der Waals surface area contributed by atoms with E-state index in [9.17, 15) is 4.79 Å². The second-order valence-corrected chi connectivity index (χ2v) is 7.18. The summed E-state index contributed by atoms with van der Waals surface area (Å²) in [7, 11) is 0. The van der Waals surface area contributed by atoms with Crippen LogP contribution in [0.15, 0.2) is 36.7 Å². The van der Waals surface area contributed by atoms with Gasteiger partial charge in [0.1, 0.15) is 5.82 Å². The Hall–Kier alpha value is -3.26. The molecule has 3 aromatic rings. The first-order chi connectivity index (χ1) is 14.1. The van der Waals surface area contributed by atoms with Gasteiger partial charge in [-0.2, -0.15) is 0 Å². The smallest absolute Gasteiger partial charge is 0.273 e. The van der Waals surface area contributed by atoms with E-state index in [2.05, 4.69) is 50.6 Å². The molecule has 29 heavy (non-hydrogen) atoms. The van der Waals surface area contributed by atoms with Crippen LogP contribution in [0.3, 0.4) is 0 Å². The number of hydrogen-bond acceptors (Lipinski definition) is 7. The molecule has 0 spiro atoms. The van der Waals surface area contributed by atoms with Gasteiger partial charge in [-0.05, 0) is 31.5 Å². The lowest BCUT2D eigenvalue weighted by molar-refractivity contribution is 0.0946. The molecule has 0 saturated carbocycles. The van der Waals surface area contributed by atoms with Crippen molar-refractivity contribution in [3.63, 3.8) is 0 Å². The van der Waals surface area contributed by atoms with Crippen LogP contribution in [0.25, 0.3) is 10.9 Å². The lowest BCUT2D eigenvalue weighted by Crippen LogP contribution is -2.31. The third kappa shape index (κ3) is 4.12. The zero-order valence-corrected chi connectivity index (χ0v) is 16.5. The molecule has 4 rings (SSSR count). The van der Waals surface area contributed by atoms with Crippen LogP contribution in [0.5, 0.6) is 0 Å². The quantitative estimate of drug-likeness (QED) is 0.620. The molecule has 0 radical (unpaired) electrons. The number of hydrogen-bond donors (Lipinski definition) is 3. The van der Waals surface area contributed by atoms with E-state index in [1.54, 1.807) is 0 Å². The monoisotopic (exact) mass is 391 g/mol. The highest BCUT2D eigenvalue weighted by Gasteiger charge is 2.18. The van der Waals surface area contributed by atoms with E-state index in [1.165, 1.54) is 12.4 Å². The van der Waals surface area contributed by atoms with E-state index in [0.717, 1.165) is 60.4 Å². The average molecular weight is 391 g/mol. The van der Waals surface area contributed by atoms with E-state index < -0.39 is 0 Å². The number of fused-ring (bicyclic) bond motifs is 1. The molecule has 2 aromatic heterocycles. The van der Waals surface area contributed by atoms with Crippen molar-refractivity contribution in [3.05, 3.63) is 53.5 Å². The van der Waals surface area contributed by atoms with Crippen molar-refractivity contribution in [2.45, 2.75) is 19.9 Å². The zero-order chi connectivity index (χ0) is 20.2. The first-order valence-electron chi connectivity index (χ1n) is 9.83. The fourth-order valence-corrected chi connectivity index (χ4v) is 3.63. The highest BCUT2D eigenvalue weighted by atomic mass is 16.1. The number of nitrogens with one attached hydrogen (secondary N) is 2. The standard InChI is InChI=1S/C21H25N7O/c1-14-4-2-5-15-12-16(13-26-21(29)18-19(22)25-8-7-24-18)20(27-17(14)15)28-10-3-6-23-9-11-28/h2,4-5,7-8,12,23H,3,6,9-11,13H2,1H3,(H2,22,25)(H,26,29).